The normalized spacial score (nSPS) is 15.6. The summed E-state index contributed by atoms with van der Waals surface area (Å²) in [5.41, 5.74) is 1.35. The minimum absolute atomic E-state index is 0.0757. The van der Waals surface area contributed by atoms with Crippen molar-refractivity contribution in [1.29, 1.82) is 5.26 Å². The van der Waals surface area contributed by atoms with E-state index in [0.717, 1.165) is 31.6 Å². The Hall–Kier alpha value is -1.90. The van der Waals surface area contributed by atoms with E-state index in [1.54, 1.807) is 36.2 Å². The lowest BCUT2D eigenvalue weighted by Gasteiger charge is -2.24. The molecule has 20 heavy (non-hydrogen) atoms. The number of anilines is 1. The zero-order valence-corrected chi connectivity index (χ0v) is 11.6. The van der Waals surface area contributed by atoms with E-state index in [1.807, 2.05) is 0 Å². The van der Waals surface area contributed by atoms with Crippen LogP contribution in [0.3, 0.4) is 0 Å². The van der Waals surface area contributed by atoms with Crippen LogP contribution in [0.25, 0.3) is 0 Å². The molecule has 1 aromatic carbocycles. The topological polar surface area (TPSA) is 65.4 Å². The summed E-state index contributed by atoms with van der Waals surface area (Å²) in [5.74, 6) is -0.0757. The summed E-state index contributed by atoms with van der Waals surface area (Å²) in [5, 5.41) is 12.0. The number of carbonyl (C=O) groups is 1. The quantitative estimate of drug-likeness (QED) is 0.897. The average molecular weight is 273 g/mol. The van der Waals surface area contributed by atoms with Gasteiger partial charge in [-0.15, -0.1) is 0 Å². The maximum Gasteiger partial charge on any atom is 0.252 e. The van der Waals surface area contributed by atoms with Crippen LogP contribution in [-0.2, 0) is 9.53 Å². The van der Waals surface area contributed by atoms with Crippen molar-refractivity contribution in [2.45, 2.75) is 18.9 Å². The van der Waals surface area contributed by atoms with Gasteiger partial charge in [0.05, 0.1) is 17.7 Å². The zero-order chi connectivity index (χ0) is 14.4. The summed E-state index contributed by atoms with van der Waals surface area (Å²) in [6.45, 7) is 2.00. The molecule has 1 N–H and O–H groups in total. The molecule has 0 radical (unpaired) electrons. The molecule has 0 atom stereocenters. The maximum atomic E-state index is 12.1. The van der Waals surface area contributed by atoms with E-state index >= 15 is 0 Å². The smallest absolute Gasteiger partial charge is 0.252 e. The third kappa shape index (κ3) is 3.80. The molecule has 0 unspecified atom stereocenters. The molecule has 1 heterocycles. The van der Waals surface area contributed by atoms with Crippen molar-refractivity contribution in [3.05, 3.63) is 29.8 Å². The van der Waals surface area contributed by atoms with Gasteiger partial charge in [-0.25, -0.2) is 0 Å². The first-order valence-corrected chi connectivity index (χ1v) is 6.80. The Kier molecular flexibility index (Phi) is 5.10. The third-order valence-corrected chi connectivity index (χ3v) is 3.49. The number of nitrogens with zero attached hydrogens (tertiary/aromatic N) is 2. The van der Waals surface area contributed by atoms with Crippen molar-refractivity contribution in [3.63, 3.8) is 0 Å². The molecule has 0 aromatic heterocycles. The number of ether oxygens (including phenoxy) is 1. The van der Waals surface area contributed by atoms with Gasteiger partial charge >= 0.3 is 0 Å². The van der Waals surface area contributed by atoms with Gasteiger partial charge in [-0.2, -0.15) is 5.26 Å². The second kappa shape index (κ2) is 7.04. The van der Waals surface area contributed by atoms with Gasteiger partial charge in [-0.1, -0.05) is 0 Å². The van der Waals surface area contributed by atoms with E-state index in [-0.39, 0.29) is 18.6 Å². The summed E-state index contributed by atoms with van der Waals surface area (Å²) in [7, 11) is 1.72. The summed E-state index contributed by atoms with van der Waals surface area (Å²) in [4.78, 5) is 13.6. The standard InChI is InChI=1S/C15H19N3O2/c1-18(13-4-2-12(10-16)3-5-13)15(19)11-20-14-6-8-17-9-7-14/h2-5,14,17H,6-9,11H2,1H3. The lowest BCUT2D eigenvalue weighted by Crippen LogP contribution is -2.36. The van der Waals surface area contributed by atoms with E-state index in [1.165, 1.54) is 0 Å². The van der Waals surface area contributed by atoms with Crippen LogP contribution in [0.5, 0.6) is 0 Å². The van der Waals surface area contributed by atoms with E-state index in [2.05, 4.69) is 11.4 Å². The minimum atomic E-state index is -0.0757. The molecule has 1 fully saturated rings. The number of hydrogen-bond acceptors (Lipinski definition) is 4. The van der Waals surface area contributed by atoms with Crippen molar-refractivity contribution in [1.82, 2.24) is 5.32 Å². The van der Waals surface area contributed by atoms with Crippen LogP contribution in [-0.4, -0.2) is 38.8 Å². The van der Waals surface area contributed by atoms with Crippen molar-refractivity contribution >= 4 is 11.6 Å². The van der Waals surface area contributed by atoms with Crippen molar-refractivity contribution in [2.75, 3.05) is 31.6 Å². The molecule has 0 saturated carbocycles. The lowest BCUT2D eigenvalue weighted by molar-refractivity contribution is -0.125. The first kappa shape index (κ1) is 14.5. The fourth-order valence-electron chi connectivity index (χ4n) is 2.15. The lowest BCUT2D eigenvalue weighted by atomic mass is 10.1. The Morgan fingerprint density at radius 3 is 2.65 bits per heavy atom. The van der Waals surface area contributed by atoms with Crippen LogP contribution in [0.1, 0.15) is 18.4 Å². The third-order valence-electron chi connectivity index (χ3n) is 3.49. The molecule has 5 heteroatoms. The molecule has 0 spiro atoms. The molecule has 1 aliphatic heterocycles. The van der Waals surface area contributed by atoms with Gasteiger partial charge in [0.1, 0.15) is 6.61 Å². The molecular formula is C15H19N3O2. The molecule has 1 aliphatic rings. The number of hydrogen-bond donors (Lipinski definition) is 1. The maximum absolute atomic E-state index is 12.1. The molecule has 0 bridgehead atoms. The van der Waals surface area contributed by atoms with Crippen LogP contribution in [0, 0.1) is 11.3 Å². The Morgan fingerprint density at radius 1 is 1.40 bits per heavy atom. The number of benzene rings is 1. The Bertz CT molecular complexity index is 487. The van der Waals surface area contributed by atoms with Crippen LogP contribution in [0.15, 0.2) is 24.3 Å². The summed E-state index contributed by atoms with van der Waals surface area (Å²) < 4.78 is 5.65. The molecule has 5 nitrogen and oxygen atoms in total. The van der Waals surface area contributed by atoms with E-state index in [4.69, 9.17) is 10.00 Å². The molecule has 1 saturated heterocycles. The number of nitrogens with one attached hydrogen (secondary N) is 1. The first-order chi connectivity index (χ1) is 9.70. The van der Waals surface area contributed by atoms with Gasteiger partial charge in [0.25, 0.3) is 5.91 Å². The van der Waals surface area contributed by atoms with Gasteiger partial charge in [0.15, 0.2) is 0 Å². The highest BCUT2D eigenvalue weighted by Gasteiger charge is 2.17. The van der Waals surface area contributed by atoms with E-state index < -0.39 is 0 Å². The predicted molar refractivity (Wildman–Crippen MR) is 76.4 cm³/mol. The Balaban J connectivity index is 1.85. The fraction of sp³-hybridized carbons (Fsp3) is 0.467. The SMILES string of the molecule is CN(C(=O)COC1CCNCC1)c1ccc(C#N)cc1. The highest BCUT2D eigenvalue weighted by atomic mass is 16.5. The van der Waals surface area contributed by atoms with Gasteiger partial charge in [0, 0.05) is 12.7 Å². The predicted octanol–water partition coefficient (Wildman–Crippen LogP) is 1.29. The second-order valence-corrected chi connectivity index (χ2v) is 4.87. The molecule has 1 amide bonds. The summed E-state index contributed by atoms with van der Waals surface area (Å²) in [6, 6.07) is 8.99. The molecule has 1 aromatic rings. The fourth-order valence-corrected chi connectivity index (χ4v) is 2.15. The first-order valence-electron chi connectivity index (χ1n) is 6.80. The number of amides is 1. The van der Waals surface area contributed by atoms with Crippen LogP contribution >= 0.6 is 0 Å². The second-order valence-electron chi connectivity index (χ2n) is 4.87. The van der Waals surface area contributed by atoms with Crippen LogP contribution in [0.2, 0.25) is 0 Å². The highest BCUT2D eigenvalue weighted by Crippen LogP contribution is 2.14. The highest BCUT2D eigenvalue weighted by molar-refractivity contribution is 5.93. The Morgan fingerprint density at radius 2 is 2.05 bits per heavy atom. The molecule has 2 rings (SSSR count). The van der Waals surface area contributed by atoms with Crippen LogP contribution < -0.4 is 10.2 Å². The average Bonchev–Trinajstić information content (AvgIpc) is 2.53. The van der Waals surface area contributed by atoms with Crippen molar-refractivity contribution in [3.8, 4) is 6.07 Å². The minimum Gasteiger partial charge on any atom is -0.368 e. The molecular weight excluding hydrogens is 254 g/mol. The number of likely N-dealkylation sites (N-methyl/N-ethyl adjacent to an activating group) is 1. The van der Waals surface area contributed by atoms with Gasteiger partial charge in [0.2, 0.25) is 0 Å². The van der Waals surface area contributed by atoms with Gasteiger partial charge < -0.3 is 15.0 Å². The monoisotopic (exact) mass is 273 g/mol. The Labute approximate surface area is 119 Å². The van der Waals surface area contributed by atoms with Crippen molar-refractivity contribution < 1.29 is 9.53 Å². The number of piperidine rings is 1. The number of carbonyl (C=O) groups excluding carboxylic acids is 1. The number of rotatable bonds is 4. The van der Waals surface area contributed by atoms with Crippen molar-refractivity contribution in [2.24, 2.45) is 0 Å². The van der Waals surface area contributed by atoms with Gasteiger partial charge in [-0.05, 0) is 50.2 Å². The molecule has 0 aliphatic carbocycles. The van der Waals surface area contributed by atoms with E-state index in [0.29, 0.717) is 5.56 Å². The summed E-state index contributed by atoms with van der Waals surface area (Å²) >= 11 is 0. The molecule has 106 valence electrons. The van der Waals surface area contributed by atoms with E-state index in [9.17, 15) is 4.79 Å². The van der Waals surface area contributed by atoms with Crippen LogP contribution in [0.4, 0.5) is 5.69 Å². The van der Waals surface area contributed by atoms with Gasteiger partial charge in [-0.3, -0.25) is 4.79 Å². The summed E-state index contributed by atoms with van der Waals surface area (Å²) in [6.07, 6.45) is 2.08. The number of nitriles is 1. The zero-order valence-electron chi connectivity index (χ0n) is 11.6. The largest absolute Gasteiger partial charge is 0.368 e.